The monoisotopic (exact) mass is 499 g/mol. The molecule has 0 radical (unpaired) electrons. The number of likely N-dealkylation sites (tertiary alicyclic amines) is 1. The van der Waals surface area contributed by atoms with E-state index >= 15 is 0 Å². The number of nitrogens with zero attached hydrogens (tertiary/aromatic N) is 1. The number of ether oxygens (including phenoxy) is 1. The first-order valence-electron chi connectivity index (χ1n) is 13.4. The molecular weight excluding hydrogens is 458 g/mol. The van der Waals surface area contributed by atoms with Crippen molar-refractivity contribution in [1.82, 2.24) is 10.2 Å². The normalized spacial score (nSPS) is 31.6. The van der Waals surface area contributed by atoms with Crippen LogP contribution >= 0.6 is 0 Å². The lowest BCUT2D eigenvalue weighted by Gasteiger charge is -2.38. The Morgan fingerprint density at radius 3 is 2.53 bits per heavy atom. The molecule has 4 rings (SSSR count). The zero-order chi connectivity index (χ0) is 26.4. The third-order valence-electron chi connectivity index (χ3n) is 8.66. The zero-order valence-corrected chi connectivity index (χ0v) is 22.4. The number of amides is 3. The van der Waals surface area contributed by atoms with Gasteiger partial charge in [0.25, 0.3) is 0 Å². The Morgan fingerprint density at radius 2 is 1.92 bits per heavy atom. The van der Waals surface area contributed by atoms with Crippen LogP contribution in [0.3, 0.4) is 0 Å². The Kier molecular flexibility index (Phi) is 7.23. The van der Waals surface area contributed by atoms with Crippen LogP contribution in [0.5, 0.6) is 0 Å². The molecule has 8 nitrogen and oxygen atoms in total. The average Bonchev–Trinajstić information content (AvgIpc) is 3.44. The van der Waals surface area contributed by atoms with Crippen molar-refractivity contribution in [3.05, 3.63) is 29.3 Å². The van der Waals surface area contributed by atoms with Gasteiger partial charge in [-0.15, -0.1) is 0 Å². The lowest BCUT2D eigenvalue weighted by atomic mass is 9.65. The average molecular weight is 500 g/mol. The number of anilines is 1. The fraction of sp³-hybridized carbons (Fsp3) is 0.679. The van der Waals surface area contributed by atoms with Crippen molar-refractivity contribution >= 4 is 23.4 Å². The first-order valence-corrected chi connectivity index (χ1v) is 13.4. The number of aliphatic hydroxyl groups is 1. The van der Waals surface area contributed by atoms with E-state index in [2.05, 4.69) is 10.6 Å². The van der Waals surface area contributed by atoms with Crippen molar-refractivity contribution in [3.8, 4) is 0 Å². The second kappa shape index (κ2) is 9.78. The van der Waals surface area contributed by atoms with Crippen LogP contribution in [0.4, 0.5) is 5.69 Å². The molecule has 198 valence electrons. The molecule has 3 aliphatic rings. The van der Waals surface area contributed by atoms with Crippen molar-refractivity contribution in [2.75, 3.05) is 18.5 Å². The summed E-state index contributed by atoms with van der Waals surface area (Å²) in [6, 6.07) is 4.35. The van der Waals surface area contributed by atoms with Crippen LogP contribution in [0.1, 0.15) is 64.5 Å². The number of benzene rings is 1. The van der Waals surface area contributed by atoms with Crippen LogP contribution in [0.25, 0.3) is 0 Å². The first-order chi connectivity index (χ1) is 17.1. The standard InChI is InChI=1S/C28H41N3O5/c1-7-13-29-24(33)21-22-26(35)31(20(15-32)16(3)4)23(28(22)12-11-27(21,8-2)36-28)25(34)30-19-14-17(5)9-10-18(19)6/h9-10,14,16,20-23,32H,7-8,11-13,15H2,1-6H3,(H,29,33)(H,30,34)/t20-,21-,22-,23?,27+,28?/m0/s1. The number of hydrogen-bond donors (Lipinski definition) is 3. The largest absolute Gasteiger partial charge is 0.394 e. The van der Waals surface area contributed by atoms with Gasteiger partial charge in [0.1, 0.15) is 11.6 Å². The highest BCUT2D eigenvalue weighted by Gasteiger charge is 2.79. The highest BCUT2D eigenvalue weighted by Crippen LogP contribution is 2.64. The summed E-state index contributed by atoms with van der Waals surface area (Å²) in [6.07, 6.45) is 2.51. The van der Waals surface area contributed by atoms with E-state index in [0.29, 0.717) is 31.5 Å². The van der Waals surface area contributed by atoms with Crippen LogP contribution in [0.15, 0.2) is 18.2 Å². The van der Waals surface area contributed by atoms with Crippen molar-refractivity contribution in [2.24, 2.45) is 17.8 Å². The Balaban J connectivity index is 1.81. The topological polar surface area (TPSA) is 108 Å². The number of carbonyl (C=O) groups is 3. The van der Waals surface area contributed by atoms with Gasteiger partial charge in [0.05, 0.1) is 30.1 Å². The number of hydrogen-bond acceptors (Lipinski definition) is 5. The van der Waals surface area contributed by atoms with E-state index in [1.165, 1.54) is 0 Å². The third-order valence-corrected chi connectivity index (χ3v) is 8.66. The molecular formula is C28H41N3O5. The summed E-state index contributed by atoms with van der Waals surface area (Å²) < 4.78 is 6.77. The predicted octanol–water partition coefficient (Wildman–Crippen LogP) is 2.94. The minimum absolute atomic E-state index is 0.0881. The molecule has 0 aromatic heterocycles. The number of aryl methyl sites for hydroxylation is 2. The van der Waals surface area contributed by atoms with Gasteiger partial charge in [0.2, 0.25) is 17.7 Å². The van der Waals surface area contributed by atoms with Gasteiger partial charge >= 0.3 is 0 Å². The number of nitrogens with one attached hydrogen (secondary N) is 2. The summed E-state index contributed by atoms with van der Waals surface area (Å²) in [4.78, 5) is 43.3. The maximum absolute atomic E-state index is 14.2. The quantitative estimate of drug-likeness (QED) is 0.484. The molecule has 3 N–H and O–H groups in total. The summed E-state index contributed by atoms with van der Waals surface area (Å²) in [7, 11) is 0. The van der Waals surface area contributed by atoms with Crippen LogP contribution < -0.4 is 10.6 Å². The third kappa shape index (κ3) is 3.93. The molecule has 3 fully saturated rings. The molecule has 0 saturated carbocycles. The molecule has 1 spiro atoms. The highest BCUT2D eigenvalue weighted by molar-refractivity contribution is 6.04. The summed E-state index contributed by atoms with van der Waals surface area (Å²) >= 11 is 0. The minimum atomic E-state index is -1.11. The SMILES string of the molecule is CCCNC(=O)[C@@H]1[C@H]2C(=O)N([C@@H](CO)C(C)C)C(C(=O)Nc3cc(C)ccc3C)C23CC[C@@]1(CC)O3. The van der Waals surface area contributed by atoms with Gasteiger partial charge in [-0.2, -0.15) is 0 Å². The van der Waals surface area contributed by atoms with Gasteiger partial charge in [-0.25, -0.2) is 0 Å². The van der Waals surface area contributed by atoms with E-state index in [1.54, 1.807) is 4.90 Å². The number of aliphatic hydroxyl groups excluding tert-OH is 1. The van der Waals surface area contributed by atoms with Crippen molar-refractivity contribution in [2.45, 2.75) is 90.5 Å². The molecule has 0 aliphatic carbocycles. The predicted molar refractivity (Wildman–Crippen MR) is 137 cm³/mol. The smallest absolute Gasteiger partial charge is 0.250 e. The van der Waals surface area contributed by atoms with E-state index in [-0.39, 0.29) is 30.2 Å². The van der Waals surface area contributed by atoms with E-state index in [0.717, 1.165) is 17.5 Å². The molecule has 3 amide bonds. The lowest BCUT2D eigenvalue weighted by molar-refractivity contribution is -0.150. The Bertz CT molecular complexity index is 1040. The van der Waals surface area contributed by atoms with E-state index in [9.17, 15) is 19.5 Å². The van der Waals surface area contributed by atoms with Crippen molar-refractivity contribution < 1.29 is 24.2 Å². The maximum Gasteiger partial charge on any atom is 0.250 e. The molecule has 1 aromatic carbocycles. The van der Waals surface area contributed by atoms with Gasteiger partial charge in [-0.1, -0.05) is 39.8 Å². The van der Waals surface area contributed by atoms with Crippen LogP contribution in [-0.4, -0.2) is 64.2 Å². The zero-order valence-electron chi connectivity index (χ0n) is 22.4. The van der Waals surface area contributed by atoms with E-state index < -0.39 is 35.1 Å². The lowest BCUT2D eigenvalue weighted by Crippen LogP contribution is -2.57. The number of rotatable bonds is 9. The molecule has 8 heteroatoms. The van der Waals surface area contributed by atoms with Crippen molar-refractivity contribution in [3.63, 3.8) is 0 Å². The molecule has 36 heavy (non-hydrogen) atoms. The molecule has 6 atom stereocenters. The summed E-state index contributed by atoms with van der Waals surface area (Å²) in [6.45, 7) is 12.0. The van der Waals surface area contributed by atoms with E-state index in [4.69, 9.17) is 4.74 Å². The molecule has 2 unspecified atom stereocenters. The van der Waals surface area contributed by atoms with Gasteiger partial charge in [-0.05, 0) is 62.6 Å². The van der Waals surface area contributed by atoms with Crippen LogP contribution in [-0.2, 0) is 19.1 Å². The highest BCUT2D eigenvalue weighted by atomic mass is 16.5. The maximum atomic E-state index is 14.2. The molecule has 2 bridgehead atoms. The summed E-state index contributed by atoms with van der Waals surface area (Å²) in [5, 5.41) is 16.4. The molecule has 3 saturated heterocycles. The van der Waals surface area contributed by atoms with Crippen molar-refractivity contribution in [1.29, 1.82) is 0 Å². The molecule has 3 heterocycles. The second-order valence-corrected chi connectivity index (χ2v) is 11.2. The summed E-state index contributed by atoms with van der Waals surface area (Å²) in [5.74, 6) is -2.29. The number of fused-ring (bicyclic) bond motifs is 1. The van der Waals surface area contributed by atoms with Gasteiger partial charge < -0.3 is 25.4 Å². The second-order valence-electron chi connectivity index (χ2n) is 11.2. The Labute approximate surface area is 214 Å². The Morgan fingerprint density at radius 1 is 1.19 bits per heavy atom. The fourth-order valence-electron chi connectivity index (χ4n) is 6.76. The summed E-state index contributed by atoms with van der Waals surface area (Å²) in [5.41, 5.74) is 0.740. The van der Waals surface area contributed by atoms with Gasteiger partial charge in [0.15, 0.2) is 0 Å². The van der Waals surface area contributed by atoms with Gasteiger partial charge in [0, 0.05) is 12.2 Å². The van der Waals surface area contributed by atoms with Gasteiger partial charge in [-0.3, -0.25) is 14.4 Å². The molecule has 3 aliphatic heterocycles. The first kappa shape index (κ1) is 26.6. The van der Waals surface area contributed by atoms with Crippen LogP contribution in [0, 0.1) is 31.6 Å². The molecule has 1 aromatic rings. The van der Waals surface area contributed by atoms with E-state index in [1.807, 2.05) is 59.7 Å². The Hall–Kier alpha value is -2.45. The fourth-order valence-corrected chi connectivity index (χ4v) is 6.76. The number of carbonyl (C=O) groups excluding carboxylic acids is 3. The minimum Gasteiger partial charge on any atom is -0.394 e. The van der Waals surface area contributed by atoms with Crippen LogP contribution in [0.2, 0.25) is 0 Å².